The van der Waals surface area contributed by atoms with Crippen LogP contribution in [0.3, 0.4) is 0 Å². The van der Waals surface area contributed by atoms with Gasteiger partial charge in [0, 0.05) is 0 Å². The Morgan fingerprint density at radius 2 is 1.72 bits per heavy atom. The summed E-state index contributed by atoms with van der Waals surface area (Å²) in [7, 11) is 0. The minimum absolute atomic E-state index is 0.0754. The first kappa shape index (κ1) is 14.0. The molecule has 0 N–H and O–H groups in total. The van der Waals surface area contributed by atoms with Crippen LogP contribution in [-0.4, -0.2) is 17.8 Å². The molecule has 1 radical (unpaired) electrons. The van der Waals surface area contributed by atoms with E-state index < -0.39 is 17.8 Å². The molecule has 0 saturated heterocycles. The molecule has 0 spiro atoms. The topological polar surface area (TPSA) is 66.7 Å². The monoisotopic (exact) mass is 250 g/mol. The van der Waals surface area contributed by atoms with Gasteiger partial charge in [-0.15, -0.1) is 0 Å². The van der Waals surface area contributed by atoms with Crippen LogP contribution in [0.25, 0.3) is 0 Å². The molecule has 0 atom stereocenters. The maximum absolute atomic E-state index is 11.2. The lowest BCUT2D eigenvalue weighted by molar-refractivity contribution is 0.0498. The number of rotatable bonds is 2. The van der Waals surface area contributed by atoms with Gasteiger partial charge in [0.1, 0.15) is 12.2 Å². The highest BCUT2D eigenvalue weighted by molar-refractivity contribution is 5.87. The van der Waals surface area contributed by atoms with E-state index in [2.05, 4.69) is 5.32 Å². The van der Waals surface area contributed by atoms with Gasteiger partial charge in [-0.2, -0.15) is 0 Å². The minimum Gasteiger partial charge on any atom is -0.443 e. The summed E-state index contributed by atoms with van der Waals surface area (Å²) < 4.78 is 9.66. The molecule has 18 heavy (non-hydrogen) atoms. The van der Waals surface area contributed by atoms with Gasteiger partial charge < -0.3 is 9.47 Å². The Labute approximate surface area is 106 Å². The summed E-state index contributed by atoms with van der Waals surface area (Å²) in [6, 6.07) is 9.13. The quantitative estimate of drug-likeness (QED) is 0.809. The molecule has 0 saturated carbocycles. The van der Waals surface area contributed by atoms with Crippen molar-refractivity contribution in [3.05, 3.63) is 35.9 Å². The van der Waals surface area contributed by atoms with Crippen molar-refractivity contribution in [2.75, 3.05) is 0 Å². The van der Waals surface area contributed by atoms with Crippen LogP contribution >= 0.6 is 0 Å². The van der Waals surface area contributed by atoms with E-state index in [0.717, 1.165) is 5.56 Å². The number of amides is 2. The van der Waals surface area contributed by atoms with Crippen molar-refractivity contribution in [3.63, 3.8) is 0 Å². The lowest BCUT2D eigenvalue weighted by Crippen LogP contribution is -2.31. The molecular weight excluding hydrogens is 234 g/mol. The molecule has 5 heteroatoms. The Bertz CT molecular complexity index is 409. The fourth-order valence-electron chi connectivity index (χ4n) is 1.11. The number of imide groups is 1. The molecule has 5 nitrogen and oxygen atoms in total. The molecule has 1 aromatic carbocycles. The smallest absolute Gasteiger partial charge is 0.440 e. The van der Waals surface area contributed by atoms with E-state index >= 15 is 0 Å². The largest absolute Gasteiger partial charge is 0.443 e. The molecule has 0 aromatic heterocycles. The van der Waals surface area contributed by atoms with Crippen LogP contribution in [0.4, 0.5) is 9.59 Å². The summed E-state index contributed by atoms with van der Waals surface area (Å²) in [5.74, 6) is 0. The third-order valence-electron chi connectivity index (χ3n) is 1.78. The summed E-state index contributed by atoms with van der Waals surface area (Å²) in [5, 5.41) is 3.16. The zero-order valence-electron chi connectivity index (χ0n) is 10.7. The van der Waals surface area contributed by atoms with Crippen molar-refractivity contribution in [2.45, 2.75) is 33.0 Å². The number of ether oxygens (including phenoxy) is 2. The lowest BCUT2D eigenvalue weighted by Gasteiger charge is -2.18. The van der Waals surface area contributed by atoms with Gasteiger partial charge in [-0.25, -0.2) is 9.59 Å². The van der Waals surface area contributed by atoms with Crippen LogP contribution in [0, 0.1) is 0 Å². The summed E-state index contributed by atoms with van der Waals surface area (Å²) in [6.07, 6.45) is -1.89. The molecule has 0 heterocycles. The van der Waals surface area contributed by atoms with E-state index in [1.807, 2.05) is 18.2 Å². The van der Waals surface area contributed by atoms with Gasteiger partial charge in [-0.3, -0.25) is 0 Å². The Balaban J connectivity index is 2.32. The standard InChI is InChI=1S/C13H16NO4/c1-13(2,3)18-12(16)14-11(15)17-9-10-7-5-4-6-8-10/h4-8H,9H2,1-3H3. The SMILES string of the molecule is CC(C)(C)OC(=O)[N]C(=O)OCc1ccccc1. The molecule has 0 fully saturated rings. The molecule has 0 aliphatic heterocycles. The van der Waals surface area contributed by atoms with Gasteiger partial charge in [-0.1, -0.05) is 35.6 Å². The van der Waals surface area contributed by atoms with Gasteiger partial charge >= 0.3 is 12.2 Å². The van der Waals surface area contributed by atoms with Crippen LogP contribution in [0.5, 0.6) is 0 Å². The number of carbonyl (C=O) groups excluding carboxylic acids is 2. The minimum atomic E-state index is -0.951. The third kappa shape index (κ3) is 5.89. The summed E-state index contributed by atoms with van der Waals surface area (Å²) in [6.45, 7) is 5.15. The average Bonchev–Trinajstić information content (AvgIpc) is 2.25. The Morgan fingerprint density at radius 3 is 2.28 bits per heavy atom. The van der Waals surface area contributed by atoms with Gasteiger partial charge in [0.25, 0.3) is 0 Å². The number of nitrogens with zero attached hydrogens (tertiary/aromatic N) is 1. The highest BCUT2D eigenvalue weighted by atomic mass is 16.6. The Hall–Kier alpha value is -2.04. The van der Waals surface area contributed by atoms with Crippen molar-refractivity contribution in [1.82, 2.24) is 5.32 Å². The molecule has 2 amide bonds. The zero-order chi connectivity index (χ0) is 13.6. The second-order valence-corrected chi connectivity index (χ2v) is 4.63. The van der Waals surface area contributed by atoms with Crippen molar-refractivity contribution >= 4 is 12.2 Å². The van der Waals surface area contributed by atoms with E-state index in [1.165, 1.54) is 0 Å². The first-order valence-corrected chi connectivity index (χ1v) is 5.52. The number of hydrogen-bond donors (Lipinski definition) is 0. The fourth-order valence-corrected chi connectivity index (χ4v) is 1.11. The van der Waals surface area contributed by atoms with Crippen LogP contribution in [-0.2, 0) is 16.1 Å². The normalized spacial score (nSPS) is 10.6. The molecule has 0 unspecified atom stereocenters. The maximum atomic E-state index is 11.2. The van der Waals surface area contributed by atoms with Gasteiger partial charge in [0.2, 0.25) is 0 Å². The van der Waals surface area contributed by atoms with E-state index in [0.29, 0.717) is 0 Å². The molecule has 0 aliphatic rings. The summed E-state index contributed by atoms with van der Waals surface area (Å²) in [5.41, 5.74) is 0.144. The molecule has 0 aliphatic carbocycles. The highest BCUT2D eigenvalue weighted by Crippen LogP contribution is 2.07. The van der Waals surface area contributed by atoms with Crippen molar-refractivity contribution in [2.24, 2.45) is 0 Å². The molecular formula is C13H16NO4. The Kier molecular flexibility index (Phi) is 4.71. The molecule has 1 rings (SSSR count). The van der Waals surface area contributed by atoms with E-state index in [9.17, 15) is 9.59 Å². The first-order chi connectivity index (χ1) is 8.37. The molecule has 1 aromatic rings. The first-order valence-electron chi connectivity index (χ1n) is 5.52. The highest BCUT2D eigenvalue weighted by Gasteiger charge is 2.20. The second kappa shape index (κ2) is 6.05. The van der Waals surface area contributed by atoms with E-state index in [4.69, 9.17) is 9.47 Å². The average molecular weight is 250 g/mol. The van der Waals surface area contributed by atoms with Gasteiger partial charge in [-0.05, 0) is 26.3 Å². The zero-order valence-corrected chi connectivity index (χ0v) is 10.7. The van der Waals surface area contributed by atoms with Crippen LogP contribution in [0.1, 0.15) is 26.3 Å². The number of benzene rings is 1. The number of hydrogen-bond acceptors (Lipinski definition) is 4. The fraction of sp³-hybridized carbons (Fsp3) is 0.385. The maximum Gasteiger partial charge on any atom is 0.440 e. The van der Waals surface area contributed by atoms with E-state index in [-0.39, 0.29) is 6.61 Å². The summed E-state index contributed by atoms with van der Waals surface area (Å²) in [4.78, 5) is 22.4. The molecule has 97 valence electrons. The van der Waals surface area contributed by atoms with Gasteiger partial charge in [0.05, 0.1) is 0 Å². The van der Waals surface area contributed by atoms with Crippen molar-refractivity contribution in [3.8, 4) is 0 Å². The van der Waals surface area contributed by atoms with Crippen molar-refractivity contribution in [1.29, 1.82) is 0 Å². The second-order valence-electron chi connectivity index (χ2n) is 4.63. The predicted octanol–water partition coefficient (Wildman–Crippen LogP) is 2.86. The van der Waals surface area contributed by atoms with E-state index in [1.54, 1.807) is 32.9 Å². The Morgan fingerprint density at radius 1 is 1.11 bits per heavy atom. The van der Waals surface area contributed by atoms with Crippen molar-refractivity contribution < 1.29 is 19.1 Å². The van der Waals surface area contributed by atoms with Crippen LogP contribution in [0.2, 0.25) is 0 Å². The summed E-state index contributed by atoms with van der Waals surface area (Å²) >= 11 is 0. The predicted molar refractivity (Wildman–Crippen MR) is 65.0 cm³/mol. The number of carbonyl (C=O) groups is 2. The molecule has 0 bridgehead atoms. The van der Waals surface area contributed by atoms with Crippen LogP contribution in [0.15, 0.2) is 30.3 Å². The van der Waals surface area contributed by atoms with Gasteiger partial charge in [0.15, 0.2) is 0 Å². The third-order valence-corrected chi connectivity index (χ3v) is 1.78. The lowest BCUT2D eigenvalue weighted by atomic mass is 10.2. The van der Waals surface area contributed by atoms with Crippen LogP contribution < -0.4 is 5.32 Å².